The van der Waals surface area contributed by atoms with E-state index < -0.39 is 17.8 Å². The molecule has 2 atom stereocenters. The normalized spacial score (nSPS) is 18.9. The van der Waals surface area contributed by atoms with Crippen LogP contribution in [-0.4, -0.2) is 94.7 Å². The highest BCUT2D eigenvalue weighted by Crippen LogP contribution is 2.37. The van der Waals surface area contributed by atoms with E-state index in [2.05, 4.69) is 20.1 Å². The standard InChI is InChI=1S/C34H38F3N7O3/c1-4-25-21-42(33(46)44-15-11-22-8-6-10-26(31(22)44)34(35,36)37)16-17-43(25)27-18-28(47-5-2)29(23-9-7-13-38-19-23)40-30(27)32(45)39-24-12-14-41(3)20-24/h6-11,13,15,18-19,24-25H,4-5,12,14,16-17,20-21H2,1-3H3,(H,39,45)/t24-,25-/m1/s1. The molecule has 0 saturated carbocycles. The van der Waals surface area contributed by atoms with Crippen LogP contribution in [0.4, 0.5) is 23.7 Å². The topological polar surface area (TPSA) is 95.8 Å². The number of benzene rings is 1. The number of halogens is 3. The molecule has 0 unspecified atom stereocenters. The molecule has 0 aliphatic carbocycles. The molecule has 0 bridgehead atoms. The van der Waals surface area contributed by atoms with Crippen molar-refractivity contribution in [3.63, 3.8) is 0 Å². The summed E-state index contributed by atoms with van der Waals surface area (Å²) >= 11 is 0. The van der Waals surface area contributed by atoms with E-state index in [1.54, 1.807) is 29.4 Å². The first-order valence-corrected chi connectivity index (χ1v) is 15.9. The van der Waals surface area contributed by atoms with Gasteiger partial charge in [-0.25, -0.2) is 9.78 Å². The summed E-state index contributed by atoms with van der Waals surface area (Å²) in [5.74, 6) is 0.194. The lowest BCUT2D eigenvalue weighted by atomic mass is 10.0. The lowest BCUT2D eigenvalue weighted by molar-refractivity contribution is -0.136. The maximum Gasteiger partial charge on any atom is 0.418 e. The number of rotatable bonds is 7. The molecule has 10 nitrogen and oxygen atoms in total. The summed E-state index contributed by atoms with van der Waals surface area (Å²) in [7, 11) is 2.01. The number of aromatic nitrogens is 3. The minimum absolute atomic E-state index is 0.0232. The molecular formula is C34H38F3N7O3. The van der Waals surface area contributed by atoms with E-state index in [0.717, 1.165) is 30.1 Å². The number of carbonyl (C=O) groups is 2. The van der Waals surface area contributed by atoms with Gasteiger partial charge in [0, 0.05) is 73.9 Å². The van der Waals surface area contributed by atoms with Crippen LogP contribution in [0.25, 0.3) is 22.2 Å². The van der Waals surface area contributed by atoms with Gasteiger partial charge in [-0.1, -0.05) is 19.1 Å². The number of piperazine rings is 1. The van der Waals surface area contributed by atoms with Crippen LogP contribution in [-0.2, 0) is 6.18 Å². The Bertz CT molecular complexity index is 1760. The van der Waals surface area contributed by atoms with E-state index in [9.17, 15) is 22.8 Å². The number of fused-ring (bicyclic) bond motifs is 1. The molecule has 3 aromatic heterocycles. The number of hydrogen-bond donors (Lipinski definition) is 1. The third-order valence-corrected chi connectivity index (χ3v) is 8.90. The van der Waals surface area contributed by atoms with Gasteiger partial charge in [0.25, 0.3) is 5.91 Å². The van der Waals surface area contributed by atoms with Crippen molar-refractivity contribution in [3.05, 3.63) is 72.3 Å². The largest absolute Gasteiger partial charge is 0.492 e. The first-order valence-electron chi connectivity index (χ1n) is 15.9. The molecule has 0 radical (unpaired) electrons. The van der Waals surface area contributed by atoms with Gasteiger partial charge in [-0.05, 0) is 57.6 Å². The number of nitrogens with zero attached hydrogens (tertiary/aromatic N) is 6. The second-order valence-electron chi connectivity index (χ2n) is 12.0. The maximum absolute atomic E-state index is 13.9. The third-order valence-electron chi connectivity index (χ3n) is 8.90. The Morgan fingerprint density at radius 2 is 1.89 bits per heavy atom. The summed E-state index contributed by atoms with van der Waals surface area (Å²) in [5.41, 5.74) is 1.01. The van der Waals surface area contributed by atoms with Gasteiger partial charge in [-0.2, -0.15) is 13.2 Å². The summed E-state index contributed by atoms with van der Waals surface area (Å²) < 4.78 is 48.9. The molecule has 1 N–H and O–H groups in total. The molecule has 2 amide bonds. The summed E-state index contributed by atoms with van der Waals surface area (Å²) in [6, 6.07) is 10.1. The van der Waals surface area contributed by atoms with Gasteiger partial charge in [0.2, 0.25) is 0 Å². The van der Waals surface area contributed by atoms with Crippen LogP contribution >= 0.6 is 0 Å². The van der Waals surface area contributed by atoms with Crippen LogP contribution in [0.1, 0.15) is 42.7 Å². The molecule has 2 aliphatic heterocycles. The van der Waals surface area contributed by atoms with Crippen LogP contribution in [0.2, 0.25) is 0 Å². The Morgan fingerprint density at radius 1 is 1.06 bits per heavy atom. The number of likely N-dealkylation sites (N-methyl/N-ethyl adjacent to an activating group) is 1. The van der Waals surface area contributed by atoms with Gasteiger partial charge in [-0.3, -0.25) is 14.3 Å². The first kappa shape index (κ1) is 32.3. The average molecular weight is 650 g/mol. The maximum atomic E-state index is 13.9. The van der Waals surface area contributed by atoms with E-state index in [1.807, 2.05) is 33.0 Å². The first-order chi connectivity index (χ1) is 22.6. The zero-order chi connectivity index (χ0) is 33.3. The Kier molecular flexibility index (Phi) is 9.09. The second-order valence-corrected chi connectivity index (χ2v) is 12.0. The zero-order valence-electron chi connectivity index (χ0n) is 26.6. The minimum atomic E-state index is -4.61. The van der Waals surface area contributed by atoms with Gasteiger partial charge < -0.3 is 24.8 Å². The zero-order valence-corrected chi connectivity index (χ0v) is 26.6. The Balaban J connectivity index is 1.35. The lowest BCUT2D eigenvalue weighted by Gasteiger charge is -2.43. The van der Waals surface area contributed by atoms with Gasteiger partial charge >= 0.3 is 12.2 Å². The molecule has 248 valence electrons. The number of para-hydroxylation sites is 1. The lowest BCUT2D eigenvalue weighted by Crippen LogP contribution is -2.56. The molecular weight excluding hydrogens is 611 g/mol. The van der Waals surface area contributed by atoms with Crippen LogP contribution in [0.5, 0.6) is 5.75 Å². The number of pyridine rings is 2. The van der Waals surface area contributed by atoms with Crippen LogP contribution < -0.4 is 15.0 Å². The Labute approximate surface area is 271 Å². The van der Waals surface area contributed by atoms with E-state index in [0.29, 0.717) is 47.7 Å². The summed E-state index contributed by atoms with van der Waals surface area (Å²) in [6.45, 7) is 6.64. The number of likely N-dealkylation sites (tertiary alicyclic amines) is 1. The van der Waals surface area contributed by atoms with Crippen molar-refractivity contribution in [1.82, 2.24) is 29.7 Å². The van der Waals surface area contributed by atoms with Crippen molar-refractivity contribution in [2.24, 2.45) is 0 Å². The molecule has 5 heterocycles. The van der Waals surface area contributed by atoms with Crippen molar-refractivity contribution in [2.45, 2.75) is 44.9 Å². The molecule has 6 rings (SSSR count). The summed E-state index contributed by atoms with van der Waals surface area (Å²) in [5, 5.41) is 3.50. The molecule has 47 heavy (non-hydrogen) atoms. The molecule has 2 fully saturated rings. The van der Waals surface area contributed by atoms with Gasteiger partial charge in [0.15, 0.2) is 5.69 Å². The van der Waals surface area contributed by atoms with Crippen LogP contribution in [0.15, 0.2) is 61.1 Å². The quantitative estimate of drug-likeness (QED) is 0.282. The number of carbonyl (C=O) groups excluding carboxylic acids is 2. The highest BCUT2D eigenvalue weighted by molar-refractivity contribution is 5.99. The predicted molar refractivity (Wildman–Crippen MR) is 173 cm³/mol. The van der Waals surface area contributed by atoms with Crippen molar-refractivity contribution in [2.75, 3.05) is 51.3 Å². The second kappa shape index (κ2) is 13.2. The number of ether oxygens (including phenoxy) is 1. The predicted octanol–water partition coefficient (Wildman–Crippen LogP) is 5.52. The van der Waals surface area contributed by atoms with Gasteiger partial charge in [0.1, 0.15) is 11.4 Å². The average Bonchev–Trinajstić information content (AvgIpc) is 3.69. The number of anilines is 1. The molecule has 2 aliphatic rings. The molecule has 13 heteroatoms. The highest BCUT2D eigenvalue weighted by Gasteiger charge is 2.37. The van der Waals surface area contributed by atoms with E-state index in [-0.39, 0.29) is 42.3 Å². The molecule has 0 spiro atoms. The number of alkyl halides is 3. The van der Waals surface area contributed by atoms with Crippen LogP contribution in [0, 0.1) is 0 Å². The summed E-state index contributed by atoms with van der Waals surface area (Å²) in [4.78, 5) is 42.7. The van der Waals surface area contributed by atoms with E-state index in [1.165, 1.54) is 18.3 Å². The Hall–Kier alpha value is -4.65. The summed E-state index contributed by atoms with van der Waals surface area (Å²) in [6.07, 6.45) is 1.55. The fourth-order valence-electron chi connectivity index (χ4n) is 6.58. The number of nitrogens with one attached hydrogen (secondary N) is 1. The Morgan fingerprint density at radius 3 is 2.57 bits per heavy atom. The smallest absolute Gasteiger partial charge is 0.418 e. The van der Waals surface area contributed by atoms with E-state index in [4.69, 9.17) is 9.72 Å². The molecule has 2 saturated heterocycles. The molecule has 1 aromatic carbocycles. The van der Waals surface area contributed by atoms with Crippen molar-refractivity contribution in [1.29, 1.82) is 0 Å². The van der Waals surface area contributed by atoms with Gasteiger partial charge in [0.05, 0.1) is 23.4 Å². The molecule has 4 aromatic rings. The van der Waals surface area contributed by atoms with Gasteiger partial charge in [-0.15, -0.1) is 0 Å². The van der Waals surface area contributed by atoms with Crippen LogP contribution in [0.3, 0.4) is 0 Å². The van der Waals surface area contributed by atoms with E-state index >= 15 is 0 Å². The third kappa shape index (κ3) is 6.49. The fraction of sp³-hybridized carbons (Fsp3) is 0.412. The minimum Gasteiger partial charge on any atom is -0.492 e. The van der Waals surface area contributed by atoms with Crippen molar-refractivity contribution < 1.29 is 27.5 Å². The fourth-order valence-corrected chi connectivity index (χ4v) is 6.58. The monoisotopic (exact) mass is 649 g/mol. The van der Waals surface area contributed by atoms with Crippen molar-refractivity contribution >= 4 is 28.5 Å². The number of amides is 2. The SMILES string of the molecule is CCOc1cc(N2CCN(C(=O)n3ccc4cccc(C(F)(F)F)c43)C[C@H]2CC)c(C(=O)N[C@@H]2CCN(C)C2)nc1-c1cccnc1. The highest BCUT2D eigenvalue weighted by atomic mass is 19.4. The number of hydrogen-bond acceptors (Lipinski definition) is 7. The van der Waals surface area contributed by atoms with Crippen molar-refractivity contribution in [3.8, 4) is 17.0 Å².